The average Bonchev–Trinajstić information content (AvgIpc) is 2.63. The van der Waals surface area contributed by atoms with Gasteiger partial charge in [0.1, 0.15) is 5.82 Å². The van der Waals surface area contributed by atoms with Crippen molar-refractivity contribution in [1.29, 1.82) is 0 Å². The summed E-state index contributed by atoms with van der Waals surface area (Å²) >= 11 is 0. The molecule has 2 aromatic rings. The Labute approximate surface area is 97.0 Å². The van der Waals surface area contributed by atoms with Crippen LogP contribution >= 0.6 is 0 Å². The summed E-state index contributed by atoms with van der Waals surface area (Å²) in [5.74, 6) is 0.274. The van der Waals surface area contributed by atoms with Crippen LogP contribution in [0.25, 0.3) is 0 Å². The number of aryl methyl sites for hydroxylation is 1. The maximum absolute atomic E-state index is 10.6. The minimum Gasteiger partial charge on any atom is -0.383 e. The van der Waals surface area contributed by atoms with Crippen molar-refractivity contribution >= 4 is 11.6 Å². The van der Waals surface area contributed by atoms with Crippen molar-refractivity contribution in [3.8, 4) is 0 Å². The van der Waals surface area contributed by atoms with Gasteiger partial charge in [-0.2, -0.15) is 4.68 Å². The number of pyridine rings is 1. The van der Waals surface area contributed by atoms with Gasteiger partial charge in [-0.3, -0.25) is 0 Å². The van der Waals surface area contributed by atoms with E-state index in [0.717, 1.165) is 5.56 Å². The van der Waals surface area contributed by atoms with Crippen molar-refractivity contribution in [2.45, 2.75) is 13.5 Å². The Kier molecular flexibility index (Phi) is 2.73. The second-order valence-electron chi connectivity index (χ2n) is 3.64. The quantitative estimate of drug-likeness (QED) is 0.632. The van der Waals surface area contributed by atoms with E-state index in [9.17, 15) is 10.1 Å². The van der Waals surface area contributed by atoms with E-state index in [2.05, 4.69) is 10.1 Å². The van der Waals surface area contributed by atoms with Gasteiger partial charge in [-0.1, -0.05) is 6.07 Å². The van der Waals surface area contributed by atoms with Gasteiger partial charge >= 0.3 is 5.82 Å². The minimum absolute atomic E-state index is 0.132. The van der Waals surface area contributed by atoms with E-state index in [1.54, 1.807) is 25.4 Å². The third kappa shape index (κ3) is 2.22. The summed E-state index contributed by atoms with van der Waals surface area (Å²) in [4.78, 5) is 14.1. The van der Waals surface area contributed by atoms with Gasteiger partial charge < -0.3 is 15.8 Å². The first-order chi connectivity index (χ1) is 8.08. The van der Waals surface area contributed by atoms with Crippen LogP contribution in [0.2, 0.25) is 0 Å². The van der Waals surface area contributed by atoms with Gasteiger partial charge in [0.15, 0.2) is 0 Å². The van der Waals surface area contributed by atoms with Crippen molar-refractivity contribution in [3.63, 3.8) is 0 Å². The summed E-state index contributed by atoms with van der Waals surface area (Å²) in [5.41, 5.74) is 6.99. The van der Waals surface area contributed by atoms with Crippen LogP contribution in [0.1, 0.15) is 11.1 Å². The molecule has 7 nitrogen and oxygen atoms in total. The summed E-state index contributed by atoms with van der Waals surface area (Å²) in [7, 11) is 0. The Hall–Kier alpha value is -2.44. The van der Waals surface area contributed by atoms with E-state index in [1.807, 2.05) is 6.07 Å². The van der Waals surface area contributed by atoms with Gasteiger partial charge in [-0.05, 0) is 17.9 Å². The van der Waals surface area contributed by atoms with Gasteiger partial charge in [0.05, 0.1) is 23.4 Å². The molecule has 7 heteroatoms. The molecule has 0 radical (unpaired) electrons. The van der Waals surface area contributed by atoms with E-state index in [0.29, 0.717) is 17.9 Å². The number of rotatable bonds is 3. The number of nitrogen functional groups attached to an aromatic ring is 1. The van der Waals surface area contributed by atoms with Crippen LogP contribution in [0.4, 0.5) is 11.6 Å². The Balaban J connectivity index is 2.28. The van der Waals surface area contributed by atoms with Gasteiger partial charge in [0.25, 0.3) is 0 Å². The Morgan fingerprint density at radius 3 is 2.94 bits per heavy atom. The van der Waals surface area contributed by atoms with E-state index >= 15 is 0 Å². The molecule has 0 bridgehead atoms. The fourth-order valence-corrected chi connectivity index (χ4v) is 1.53. The number of aromatic nitrogens is 3. The highest BCUT2D eigenvalue weighted by atomic mass is 16.6. The molecule has 0 aliphatic rings. The molecule has 0 unspecified atom stereocenters. The van der Waals surface area contributed by atoms with Crippen molar-refractivity contribution in [1.82, 2.24) is 14.8 Å². The minimum atomic E-state index is -0.502. The van der Waals surface area contributed by atoms with Crippen LogP contribution in [0, 0.1) is 17.0 Å². The fraction of sp³-hybridized carbons (Fsp3) is 0.200. The molecule has 0 aromatic carbocycles. The second kappa shape index (κ2) is 4.20. The molecule has 88 valence electrons. The molecule has 0 fully saturated rings. The normalized spacial score (nSPS) is 10.4. The molecule has 2 aromatic heterocycles. The lowest BCUT2D eigenvalue weighted by Crippen LogP contribution is -2.05. The third-order valence-corrected chi connectivity index (χ3v) is 2.35. The van der Waals surface area contributed by atoms with E-state index in [-0.39, 0.29) is 5.82 Å². The van der Waals surface area contributed by atoms with Gasteiger partial charge in [0, 0.05) is 11.8 Å². The van der Waals surface area contributed by atoms with Crippen LogP contribution in [0.3, 0.4) is 0 Å². The third-order valence-electron chi connectivity index (χ3n) is 2.35. The zero-order valence-electron chi connectivity index (χ0n) is 9.20. The first-order valence-corrected chi connectivity index (χ1v) is 4.95. The lowest BCUT2D eigenvalue weighted by molar-refractivity contribution is -0.390. The molecule has 0 atom stereocenters. The summed E-state index contributed by atoms with van der Waals surface area (Å²) in [6.07, 6.45) is 3.21. The molecule has 2 heterocycles. The SMILES string of the molecule is Cc1cn(Cc2cccnc2N)nc1[N+](=O)[O-]. The zero-order valence-corrected chi connectivity index (χ0v) is 9.20. The molecule has 17 heavy (non-hydrogen) atoms. The Morgan fingerprint density at radius 1 is 1.59 bits per heavy atom. The number of anilines is 1. The molecular weight excluding hydrogens is 222 g/mol. The molecule has 0 amide bonds. The monoisotopic (exact) mass is 233 g/mol. The molecule has 0 saturated heterocycles. The van der Waals surface area contributed by atoms with Crippen molar-refractivity contribution in [2.75, 3.05) is 5.73 Å². The standard InChI is InChI=1S/C10H11N5O2/c1-7-5-14(13-10(7)15(16)17)6-8-3-2-4-12-9(8)11/h2-5H,6H2,1H3,(H2,11,12). The van der Waals surface area contributed by atoms with E-state index in [1.165, 1.54) is 4.68 Å². The van der Waals surface area contributed by atoms with E-state index < -0.39 is 4.92 Å². The van der Waals surface area contributed by atoms with Crippen molar-refractivity contribution < 1.29 is 4.92 Å². The molecule has 0 aliphatic carbocycles. The molecular formula is C10H11N5O2. The van der Waals surface area contributed by atoms with E-state index in [4.69, 9.17) is 5.73 Å². The molecule has 0 saturated carbocycles. The maximum Gasteiger partial charge on any atom is 0.392 e. The van der Waals surface area contributed by atoms with Crippen LogP contribution in [-0.4, -0.2) is 19.7 Å². The maximum atomic E-state index is 10.6. The zero-order chi connectivity index (χ0) is 12.4. The predicted molar refractivity (Wildman–Crippen MR) is 61.4 cm³/mol. The number of hydrogen-bond acceptors (Lipinski definition) is 5. The lowest BCUT2D eigenvalue weighted by atomic mass is 10.2. The van der Waals surface area contributed by atoms with Crippen LogP contribution in [0.5, 0.6) is 0 Å². The van der Waals surface area contributed by atoms with Gasteiger partial charge in [0.2, 0.25) is 0 Å². The molecule has 0 aliphatic heterocycles. The summed E-state index contributed by atoms with van der Waals surface area (Å²) in [6.45, 7) is 2.02. The predicted octanol–water partition coefficient (Wildman–Crippen LogP) is 1.13. The lowest BCUT2D eigenvalue weighted by Gasteiger charge is -2.01. The van der Waals surface area contributed by atoms with Crippen molar-refractivity contribution in [3.05, 3.63) is 45.8 Å². The highest BCUT2D eigenvalue weighted by Gasteiger charge is 2.17. The van der Waals surface area contributed by atoms with Crippen LogP contribution in [-0.2, 0) is 6.54 Å². The van der Waals surface area contributed by atoms with Crippen LogP contribution in [0.15, 0.2) is 24.5 Å². The fourth-order valence-electron chi connectivity index (χ4n) is 1.53. The molecule has 2 rings (SSSR count). The summed E-state index contributed by atoms with van der Waals surface area (Å²) in [5, 5.41) is 14.5. The Morgan fingerprint density at radius 2 is 2.35 bits per heavy atom. The topological polar surface area (TPSA) is 99.9 Å². The Bertz CT molecular complexity index is 564. The first kappa shape index (κ1) is 11.1. The largest absolute Gasteiger partial charge is 0.392 e. The summed E-state index contributed by atoms with van der Waals surface area (Å²) in [6, 6.07) is 3.57. The highest BCUT2D eigenvalue weighted by Crippen LogP contribution is 2.16. The van der Waals surface area contributed by atoms with Crippen LogP contribution < -0.4 is 5.73 Å². The number of hydrogen-bond donors (Lipinski definition) is 1. The second-order valence-corrected chi connectivity index (χ2v) is 3.64. The number of nitrogens with zero attached hydrogens (tertiary/aromatic N) is 4. The smallest absolute Gasteiger partial charge is 0.383 e. The number of nitro groups is 1. The average molecular weight is 233 g/mol. The first-order valence-electron chi connectivity index (χ1n) is 4.95. The van der Waals surface area contributed by atoms with Gasteiger partial charge in [-0.15, -0.1) is 0 Å². The van der Waals surface area contributed by atoms with Gasteiger partial charge in [-0.25, -0.2) is 4.98 Å². The van der Waals surface area contributed by atoms with Crippen molar-refractivity contribution in [2.24, 2.45) is 0 Å². The number of nitrogens with two attached hydrogens (primary N) is 1. The highest BCUT2D eigenvalue weighted by molar-refractivity contribution is 5.38. The molecule has 2 N–H and O–H groups in total. The molecule has 0 spiro atoms. The summed E-state index contributed by atoms with van der Waals surface area (Å²) < 4.78 is 1.49.